The highest BCUT2D eigenvalue weighted by molar-refractivity contribution is 7.86. The van der Waals surface area contributed by atoms with Gasteiger partial charge in [-0.2, -0.15) is 16.8 Å². The summed E-state index contributed by atoms with van der Waals surface area (Å²) in [5.74, 6) is 0. The second-order valence-corrected chi connectivity index (χ2v) is 7.59. The van der Waals surface area contributed by atoms with Crippen LogP contribution in [0.25, 0.3) is 0 Å². The maximum absolute atomic E-state index is 11.4. The molecule has 0 saturated heterocycles. The van der Waals surface area contributed by atoms with Crippen LogP contribution in [0.2, 0.25) is 0 Å². The van der Waals surface area contributed by atoms with Crippen LogP contribution in [-0.4, -0.2) is 36.8 Å². The summed E-state index contributed by atoms with van der Waals surface area (Å²) in [5.41, 5.74) is 2.27. The second kappa shape index (κ2) is 6.14. The van der Waals surface area contributed by atoms with Crippen LogP contribution in [0.5, 0.6) is 0 Å². The minimum Gasteiger partial charge on any atom is -0.351 e. The zero-order valence-electron chi connectivity index (χ0n) is 10.8. The number of nitrogens with one attached hydrogen (secondary N) is 2. The zero-order chi connectivity index (χ0) is 17.4. The van der Waals surface area contributed by atoms with Crippen LogP contribution in [0.1, 0.15) is 0 Å². The first-order chi connectivity index (χ1) is 10.5. The van der Waals surface area contributed by atoms with Gasteiger partial charge in [0.2, 0.25) is 0 Å². The summed E-state index contributed by atoms with van der Waals surface area (Å²) < 4.78 is 63.9. The van der Waals surface area contributed by atoms with Gasteiger partial charge in [-0.25, -0.2) is 0 Å². The monoisotopic (exact) mass is 402 g/mol. The molecule has 126 valence electrons. The Kier molecular flexibility index (Phi) is 4.75. The van der Waals surface area contributed by atoms with Crippen molar-refractivity contribution in [3.63, 3.8) is 0 Å². The molecule has 2 rings (SSSR count). The molecule has 23 heavy (non-hydrogen) atoms. The largest absolute Gasteiger partial charge is 0.351 e. The molecule has 0 amide bonds. The molecule has 0 unspecified atom stereocenters. The van der Waals surface area contributed by atoms with E-state index in [2.05, 4.69) is 15.8 Å². The third kappa shape index (κ3) is 4.25. The van der Waals surface area contributed by atoms with Crippen LogP contribution in [0.15, 0.2) is 43.9 Å². The molecule has 14 heteroatoms. The Hall–Kier alpha value is -1.57. The van der Waals surface area contributed by atoms with Gasteiger partial charge in [0.1, 0.15) is 10.1 Å². The molecule has 10 nitrogen and oxygen atoms in total. The number of nitrogens with zero attached hydrogens (tertiary/aromatic N) is 2. The van der Waals surface area contributed by atoms with E-state index in [1.54, 1.807) is 0 Å². The van der Waals surface area contributed by atoms with Gasteiger partial charge in [0, 0.05) is 0 Å². The SMILES string of the molecule is O=S(=O)(O)c1ccc(NC2=C(Cl)NN(Cl)N=C2)c(S(=O)(=O)O)c1. The van der Waals surface area contributed by atoms with Crippen LogP contribution in [0.4, 0.5) is 5.69 Å². The van der Waals surface area contributed by atoms with Crippen LogP contribution in [0.3, 0.4) is 0 Å². The lowest BCUT2D eigenvalue weighted by atomic mass is 10.3. The van der Waals surface area contributed by atoms with E-state index in [4.69, 9.17) is 27.9 Å². The molecule has 4 N–H and O–H groups in total. The molecule has 0 fully saturated rings. The van der Waals surface area contributed by atoms with E-state index in [9.17, 15) is 21.4 Å². The predicted octanol–water partition coefficient (Wildman–Crippen LogP) is 0.960. The molecule has 0 radical (unpaired) electrons. The molecule has 0 aliphatic carbocycles. The summed E-state index contributed by atoms with van der Waals surface area (Å²) in [6, 6.07) is 2.54. The van der Waals surface area contributed by atoms with E-state index in [0.717, 1.165) is 23.0 Å². The Morgan fingerprint density at radius 2 is 1.83 bits per heavy atom. The van der Waals surface area contributed by atoms with Gasteiger partial charge in [0.15, 0.2) is 0 Å². The zero-order valence-corrected chi connectivity index (χ0v) is 13.9. The lowest BCUT2D eigenvalue weighted by Crippen LogP contribution is -2.29. The summed E-state index contributed by atoms with van der Waals surface area (Å²) in [4.78, 5) is -1.50. The lowest BCUT2D eigenvalue weighted by Gasteiger charge is -2.20. The summed E-state index contributed by atoms with van der Waals surface area (Å²) in [7, 11) is -9.46. The maximum Gasteiger partial charge on any atom is 0.296 e. The summed E-state index contributed by atoms with van der Waals surface area (Å²) in [5, 5.41) is 6.11. The number of hydrazine groups is 1. The molecule has 1 aliphatic rings. The van der Waals surface area contributed by atoms with Crippen molar-refractivity contribution in [1.29, 1.82) is 0 Å². The molecule has 1 aliphatic heterocycles. The highest BCUT2D eigenvalue weighted by Gasteiger charge is 2.22. The summed E-state index contributed by atoms with van der Waals surface area (Å²) in [6.45, 7) is 0. The molecule has 0 saturated carbocycles. The number of rotatable bonds is 4. The topological polar surface area (TPSA) is 148 Å². The normalized spacial score (nSPS) is 15.6. The third-order valence-electron chi connectivity index (χ3n) is 2.51. The number of hydrogen-bond acceptors (Lipinski definition) is 8. The van der Waals surface area contributed by atoms with Crippen LogP contribution < -0.4 is 10.7 Å². The van der Waals surface area contributed by atoms with Gasteiger partial charge >= 0.3 is 0 Å². The first-order valence-electron chi connectivity index (χ1n) is 5.51. The van der Waals surface area contributed by atoms with Gasteiger partial charge in [0.05, 0.1) is 34.3 Å². The smallest absolute Gasteiger partial charge is 0.296 e. The Morgan fingerprint density at radius 1 is 1.17 bits per heavy atom. The van der Waals surface area contributed by atoms with Gasteiger partial charge in [-0.3, -0.25) is 14.5 Å². The van der Waals surface area contributed by atoms with Crippen molar-refractivity contribution < 1.29 is 25.9 Å². The molecule has 0 aromatic heterocycles. The van der Waals surface area contributed by atoms with Gasteiger partial charge in [0.25, 0.3) is 20.2 Å². The average Bonchev–Trinajstić information content (AvgIpc) is 2.40. The highest BCUT2D eigenvalue weighted by Crippen LogP contribution is 2.27. The van der Waals surface area contributed by atoms with Crippen molar-refractivity contribution in [3.05, 3.63) is 29.1 Å². The van der Waals surface area contributed by atoms with Crippen molar-refractivity contribution in [2.75, 3.05) is 5.32 Å². The average molecular weight is 403 g/mol. The van der Waals surface area contributed by atoms with E-state index >= 15 is 0 Å². The van der Waals surface area contributed by atoms with E-state index in [1.165, 1.54) is 0 Å². The van der Waals surface area contributed by atoms with Gasteiger partial charge in [-0.05, 0) is 18.2 Å². The standard InChI is InChI=1S/C9H8Cl2N4O6S2/c10-9-7(4-12-15(11)14-9)13-6-2-1-5(22(16,17)18)3-8(6)23(19,20)21/h1-4,13-14H,(H,16,17,18)(H,19,20,21). The Morgan fingerprint density at radius 3 is 2.35 bits per heavy atom. The first-order valence-corrected chi connectivity index (χ1v) is 9.10. The van der Waals surface area contributed by atoms with Gasteiger partial charge in [-0.1, -0.05) is 11.6 Å². The van der Waals surface area contributed by atoms with E-state index in [1.807, 2.05) is 0 Å². The van der Waals surface area contributed by atoms with Crippen molar-refractivity contribution in [3.8, 4) is 0 Å². The lowest BCUT2D eigenvalue weighted by molar-refractivity contribution is 0.405. The molecular weight excluding hydrogens is 395 g/mol. The molecule has 0 spiro atoms. The van der Waals surface area contributed by atoms with Gasteiger partial charge < -0.3 is 5.32 Å². The van der Waals surface area contributed by atoms with E-state index in [-0.39, 0.29) is 16.5 Å². The molecular formula is C9H8Cl2N4O6S2. The maximum atomic E-state index is 11.4. The van der Waals surface area contributed by atoms with E-state index < -0.39 is 30.0 Å². The first kappa shape index (κ1) is 17.8. The molecule has 1 aromatic carbocycles. The van der Waals surface area contributed by atoms with Crippen molar-refractivity contribution >= 4 is 55.5 Å². The van der Waals surface area contributed by atoms with Crippen molar-refractivity contribution in [2.45, 2.75) is 9.79 Å². The number of anilines is 1. The number of halogens is 2. The van der Waals surface area contributed by atoms with Crippen LogP contribution in [-0.2, 0) is 20.2 Å². The Bertz CT molecular complexity index is 912. The second-order valence-electron chi connectivity index (χ2n) is 4.08. The Labute approximate surface area is 141 Å². The van der Waals surface area contributed by atoms with Crippen LogP contribution >= 0.6 is 23.4 Å². The fourth-order valence-electron chi connectivity index (χ4n) is 1.55. The quantitative estimate of drug-likeness (QED) is 0.328. The number of benzene rings is 1. The Balaban J connectivity index is 2.52. The number of hydrogen-bond donors (Lipinski definition) is 4. The predicted molar refractivity (Wildman–Crippen MR) is 81.9 cm³/mol. The highest BCUT2D eigenvalue weighted by atomic mass is 35.5. The minimum absolute atomic E-state index is 0.0462. The fourth-order valence-corrected chi connectivity index (χ4v) is 3.15. The summed E-state index contributed by atoms with van der Waals surface area (Å²) in [6.07, 6.45) is 1.15. The molecule has 0 bridgehead atoms. The van der Waals surface area contributed by atoms with Crippen molar-refractivity contribution in [1.82, 2.24) is 10.1 Å². The van der Waals surface area contributed by atoms with Crippen molar-refractivity contribution in [2.24, 2.45) is 5.10 Å². The number of allylic oxidation sites excluding steroid dienone is 1. The molecule has 0 atom stereocenters. The summed E-state index contributed by atoms with van der Waals surface area (Å²) >= 11 is 11.3. The molecule has 1 heterocycles. The third-order valence-corrected chi connectivity index (χ3v) is 4.72. The van der Waals surface area contributed by atoms with Gasteiger partial charge in [-0.15, -0.1) is 9.74 Å². The van der Waals surface area contributed by atoms with E-state index in [0.29, 0.717) is 6.07 Å². The molecule has 1 aromatic rings. The van der Waals surface area contributed by atoms with Crippen LogP contribution in [0, 0.1) is 0 Å². The number of hydrazone groups is 1. The fraction of sp³-hybridized carbons (Fsp3) is 0. The minimum atomic E-state index is -4.80.